The van der Waals surface area contributed by atoms with E-state index in [0.29, 0.717) is 12.8 Å². The molecule has 0 radical (unpaired) electrons. The quantitative estimate of drug-likeness (QED) is 0.0420. The van der Waals surface area contributed by atoms with Crippen LogP contribution < -0.4 is 5.32 Å². The lowest BCUT2D eigenvalue weighted by molar-refractivity contribution is -0.123. The van der Waals surface area contributed by atoms with Gasteiger partial charge in [0.15, 0.2) is 0 Å². The van der Waals surface area contributed by atoms with Crippen LogP contribution in [-0.4, -0.2) is 34.9 Å². The standard InChI is InChI=1S/C78H147NO3/c1-3-5-7-9-11-13-15-17-19-21-23-25-27-29-31-33-34-35-36-37-38-39-40-41-42-43-44-46-48-50-52-54-56-58-60-62-64-66-68-70-72-74-78(82)79-76(75-80)77(81)73-71-69-67-65-63-61-59-57-55-53-51-49-47-45-32-30-28-26-24-22-20-18-16-14-12-10-8-6-4-2/h5,7,11,13,17,19,23,25,29,31,76-77,80-81H,3-4,6,8-10,12,14-16,18,20-22,24,26-28,30,32-75H2,1-2H3,(H,79,82)/b7-5-,13-11-,19-17-,25-23-,31-29-. The molecule has 4 heteroatoms. The van der Waals surface area contributed by atoms with Crippen molar-refractivity contribution < 1.29 is 15.0 Å². The number of nitrogens with one attached hydrogen (secondary N) is 1. The van der Waals surface area contributed by atoms with Gasteiger partial charge in [-0.3, -0.25) is 4.79 Å². The molecule has 0 saturated carbocycles. The summed E-state index contributed by atoms with van der Waals surface area (Å²) < 4.78 is 0. The number of hydrogen-bond donors (Lipinski definition) is 3. The first-order chi connectivity index (χ1) is 40.7. The molecule has 1 amide bonds. The van der Waals surface area contributed by atoms with Crippen LogP contribution in [-0.2, 0) is 4.79 Å². The summed E-state index contributed by atoms with van der Waals surface area (Å²) in [6.07, 6.45) is 105. The molecule has 2 unspecified atom stereocenters. The van der Waals surface area contributed by atoms with Crippen molar-refractivity contribution in [1.29, 1.82) is 0 Å². The zero-order chi connectivity index (χ0) is 59.1. The molecule has 0 saturated heterocycles. The van der Waals surface area contributed by atoms with Crippen molar-refractivity contribution in [3.8, 4) is 0 Å². The van der Waals surface area contributed by atoms with Gasteiger partial charge in [0.25, 0.3) is 0 Å². The van der Waals surface area contributed by atoms with E-state index in [-0.39, 0.29) is 12.5 Å². The number of amides is 1. The predicted molar refractivity (Wildman–Crippen MR) is 368 cm³/mol. The fourth-order valence-electron chi connectivity index (χ4n) is 11.9. The summed E-state index contributed by atoms with van der Waals surface area (Å²) in [6.45, 7) is 4.29. The van der Waals surface area contributed by atoms with Gasteiger partial charge in [-0.2, -0.15) is 0 Å². The Bertz CT molecular complexity index is 1350. The summed E-state index contributed by atoms with van der Waals surface area (Å²) in [5.41, 5.74) is 0. The fraction of sp³-hybridized carbons (Fsp3) is 0.859. The average Bonchev–Trinajstić information content (AvgIpc) is 3.50. The maximum absolute atomic E-state index is 12.6. The van der Waals surface area contributed by atoms with Gasteiger partial charge in [0.1, 0.15) is 0 Å². The molecule has 0 aromatic heterocycles. The van der Waals surface area contributed by atoms with E-state index in [2.05, 4.69) is 79.9 Å². The number of carbonyl (C=O) groups is 1. The molecular formula is C78H147NO3. The Balaban J connectivity index is 3.38. The van der Waals surface area contributed by atoms with Crippen molar-refractivity contribution in [1.82, 2.24) is 5.32 Å². The topological polar surface area (TPSA) is 69.6 Å². The molecule has 0 spiro atoms. The van der Waals surface area contributed by atoms with Crippen molar-refractivity contribution in [2.45, 2.75) is 424 Å². The summed E-state index contributed by atoms with van der Waals surface area (Å²) >= 11 is 0. The second-order valence-electron chi connectivity index (χ2n) is 25.7. The maximum atomic E-state index is 12.6. The number of carbonyl (C=O) groups excluding carboxylic acids is 1. The first kappa shape index (κ1) is 80.1. The lowest BCUT2D eigenvalue weighted by Crippen LogP contribution is -2.45. The van der Waals surface area contributed by atoms with Crippen molar-refractivity contribution in [3.63, 3.8) is 0 Å². The summed E-state index contributed by atoms with van der Waals surface area (Å²) in [7, 11) is 0. The van der Waals surface area contributed by atoms with Crippen LogP contribution in [0, 0.1) is 0 Å². The van der Waals surface area contributed by atoms with Crippen LogP contribution in [0.5, 0.6) is 0 Å². The fourth-order valence-corrected chi connectivity index (χ4v) is 11.9. The summed E-state index contributed by atoms with van der Waals surface area (Å²) in [4.78, 5) is 12.6. The zero-order valence-corrected chi connectivity index (χ0v) is 55.8. The smallest absolute Gasteiger partial charge is 0.220 e. The normalized spacial score (nSPS) is 13.0. The average molecular weight is 1150 g/mol. The van der Waals surface area contributed by atoms with Gasteiger partial charge in [-0.1, -0.05) is 408 Å². The van der Waals surface area contributed by atoms with Gasteiger partial charge in [0.2, 0.25) is 5.91 Å². The molecule has 0 bridgehead atoms. The van der Waals surface area contributed by atoms with Gasteiger partial charge in [-0.25, -0.2) is 0 Å². The first-order valence-electron chi connectivity index (χ1n) is 37.5. The molecule has 0 rings (SSSR count). The predicted octanol–water partition coefficient (Wildman–Crippen LogP) is 25.8. The minimum absolute atomic E-state index is 0.0223. The molecule has 2 atom stereocenters. The lowest BCUT2D eigenvalue weighted by Gasteiger charge is -2.22. The van der Waals surface area contributed by atoms with Crippen LogP contribution in [0.15, 0.2) is 60.8 Å². The zero-order valence-electron chi connectivity index (χ0n) is 55.8. The molecule has 3 N–H and O–H groups in total. The van der Waals surface area contributed by atoms with E-state index in [1.807, 2.05) is 0 Å². The second-order valence-corrected chi connectivity index (χ2v) is 25.7. The number of unbranched alkanes of at least 4 members (excludes halogenated alkanes) is 53. The van der Waals surface area contributed by atoms with Crippen LogP contribution in [0.25, 0.3) is 0 Å². The third kappa shape index (κ3) is 68.9. The Morgan fingerprint density at radius 1 is 0.305 bits per heavy atom. The lowest BCUT2D eigenvalue weighted by atomic mass is 10.0. The molecule has 0 aliphatic carbocycles. The minimum Gasteiger partial charge on any atom is -0.394 e. The number of aliphatic hydroxyl groups is 2. The minimum atomic E-state index is -0.661. The van der Waals surface area contributed by atoms with Crippen LogP contribution in [0.1, 0.15) is 412 Å². The Hall–Kier alpha value is -1.91. The van der Waals surface area contributed by atoms with E-state index in [9.17, 15) is 15.0 Å². The van der Waals surface area contributed by atoms with Gasteiger partial charge in [0, 0.05) is 6.42 Å². The summed E-state index contributed by atoms with van der Waals surface area (Å²) in [5, 5.41) is 23.5. The van der Waals surface area contributed by atoms with Crippen LogP contribution >= 0.6 is 0 Å². The highest BCUT2D eigenvalue weighted by molar-refractivity contribution is 5.76. The number of rotatable bonds is 70. The molecule has 0 heterocycles. The molecular weight excluding hydrogens is 999 g/mol. The molecule has 0 aromatic rings. The van der Waals surface area contributed by atoms with Crippen LogP contribution in [0.2, 0.25) is 0 Å². The number of aliphatic hydroxyl groups excluding tert-OH is 2. The van der Waals surface area contributed by atoms with Crippen molar-refractivity contribution >= 4 is 5.91 Å². The van der Waals surface area contributed by atoms with Crippen LogP contribution in [0.3, 0.4) is 0 Å². The summed E-state index contributed by atoms with van der Waals surface area (Å²) in [6, 6.07) is -0.537. The van der Waals surface area contributed by atoms with Crippen molar-refractivity contribution in [2.75, 3.05) is 6.61 Å². The monoisotopic (exact) mass is 1150 g/mol. The number of hydrogen-bond acceptors (Lipinski definition) is 3. The number of allylic oxidation sites excluding steroid dienone is 10. The largest absolute Gasteiger partial charge is 0.394 e. The first-order valence-corrected chi connectivity index (χ1v) is 37.5. The van der Waals surface area contributed by atoms with Gasteiger partial charge in [-0.05, 0) is 57.8 Å². The van der Waals surface area contributed by atoms with Crippen molar-refractivity contribution in [3.05, 3.63) is 60.8 Å². The van der Waals surface area contributed by atoms with Gasteiger partial charge in [-0.15, -0.1) is 0 Å². The third-order valence-electron chi connectivity index (χ3n) is 17.5. The Kier molecular flexibility index (Phi) is 71.6. The van der Waals surface area contributed by atoms with Gasteiger partial charge < -0.3 is 15.5 Å². The van der Waals surface area contributed by atoms with E-state index < -0.39 is 12.1 Å². The van der Waals surface area contributed by atoms with E-state index in [0.717, 1.165) is 57.8 Å². The van der Waals surface area contributed by atoms with Crippen LogP contribution in [0.4, 0.5) is 0 Å². The SMILES string of the molecule is CC/C=C\C/C=C\C/C=C\C/C=C\C/C=C\CCCCCCCCCCCCCCCCCCCCCCCCCCCC(=O)NC(CO)C(O)CCCCCCCCCCCCCCCCCCCCCCCCCCCCCCC. The Labute approximate surface area is 515 Å². The van der Waals surface area contributed by atoms with Gasteiger partial charge in [0.05, 0.1) is 18.8 Å². The molecule has 0 aliphatic rings. The maximum Gasteiger partial charge on any atom is 0.220 e. The Morgan fingerprint density at radius 3 is 0.805 bits per heavy atom. The molecule has 0 fully saturated rings. The highest BCUT2D eigenvalue weighted by Crippen LogP contribution is 2.20. The highest BCUT2D eigenvalue weighted by atomic mass is 16.3. The molecule has 82 heavy (non-hydrogen) atoms. The third-order valence-corrected chi connectivity index (χ3v) is 17.5. The van der Waals surface area contributed by atoms with E-state index >= 15 is 0 Å². The van der Waals surface area contributed by atoms with E-state index in [1.54, 1.807) is 0 Å². The summed E-state index contributed by atoms with van der Waals surface area (Å²) in [5.74, 6) is -0.0223. The van der Waals surface area contributed by atoms with E-state index in [4.69, 9.17) is 0 Å². The molecule has 4 nitrogen and oxygen atoms in total. The molecule has 0 aromatic carbocycles. The molecule has 482 valence electrons. The molecule has 0 aliphatic heterocycles. The van der Waals surface area contributed by atoms with Gasteiger partial charge >= 0.3 is 0 Å². The second kappa shape index (κ2) is 73.3. The highest BCUT2D eigenvalue weighted by Gasteiger charge is 2.20. The Morgan fingerprint density at radius 2 is 0.537 bits per heavy atom. The van der Waals surface area contributed by atoms with Crippen molar-refractivity contribution in [2.24, 2.45) is 0 Å². The van der Waals surface area contributed by atoms with E-state index in [1.165, 1.54) is 327 Å².